The van der Waals surface area contributed by atoms with E-state index >= 15 is 0 Å². The maximum Gasteiger partial charge on any atom is 0.154 e. The number of hydrogen-bond acceptors (Lipinski definition) is 2. The molecule has 1 atom stereocenters. The van der Waals surface area contributed by atoms with E-state index in [1.807, 2.05) is 48.5 Å². The molecule has 1 heterocycles. The lowest BCUT2D eigenvalue weighted by atomic mass is 10.0. The topological polar surface area (TPSA) is 55.3 Å². The quantitative estimate of drug-likeness (QED) is 0.0686. The second-order valence-corrected chi connectivity index (χ2v) is 14.9. The van der Waals surface area contributed by atoms with Crippen LogP contribution in [0, 0.1) is 0 Å². The molecule has 0 aliphatic rings. The van der Waals surface area contributed by atoms with Gasteiger partial charge in [0.05, 0.1) is 17.7 Å². The normalized spacial score (nSPS) is 12.5. The third-order valence-corrected chi connectivity index (χ3v) is 12.0. The second-order valence-electron chi connectivity index (χ2n) is 12.4. The highest BCUT2D eigenvalue weighted by molar-refractivity contribution is 6.95. The summed E-state index contributed by atoms with van der Waals surface area (Å²) in [7, 11) is -1.12. The third-order valence-electron chi connectivity index (χ3n) is 9.30. The molecule has 5 heteroatoms. The predicted octanol–water partition coefficient (Wildman–Crippen LogP) is 7.63. The summed E-state index contributed by atoms with van der Waals surface area (Å²) in [4.78, 5) is 4.96. The molecule has 0 amide bonds. The van der Waals surface area contributed by atoms with Gasteiger partial charge < -0.3 is 10.3 Å². The molecule has 8 aromatic rings. The number of hydrogen-bond donors (Lipinski definition) is 2. The Labute approximate surface area is 294 Å². The Morgan fingerprint density at radius 2 is 1.06 bits per heavy atom. The van der Waals surface area contributed by atoms with Crippen molar-refractivity contribution in [1.29, 1.82) is 0 Å². The Hall–Kier alpha value is -6.01. The molecule has 4 nitrogen and oxygen atoms in total. The molecule has 0 saturated carbocycles. The average molecular weight is 662 g/mol. The van der Waals surface area contributed by atoms with E-state index in [1.165, 1.54) is 48.5 Å². The van der Waals surface area contributed by atoms with E-state index in [1.54, 1.807) is 0 Å². The van der Waals surface area contributed by atoms with Gasteiger partial charge >= 0.3 is 0 Å². The van der Waals surface area contributed by atoms with Gasteiger partial charge in [0.1, 0.15) is 12.0 Å². The number of aromatic nitrogens is 1. The Balaban J connectivity index is 1.12. The van der Waals surface area contributed by atoms with Crippen molar-refractivity contribution < 1.29 is 0 Å². The summed E-state index contributed by atoms with van der Waals surface area (Å²) in [6, 6.07) is 66.7. The van der Waals surface area contributed by atoms with Gasteiger partial charge in [0, 0.05) is 16.3 Å². The van der Waals surface area contributed by atoms with Crippen LogP contribution in [0.25, 0.3) is 32.9 Å². The van der Waals surface area contributed by atoms with Crippen molar-refractivity contribution >= 4 is 52.0 Å². The van der Waals surface area contributed by atoms with Crippen LogP contribution in [0.2, 0.25) is 0 Å². The minimum absolute atomic E-state index is 0.316. The average Bonchev–Trinajstić information content (AvgIpc) is 3.51. The van der Waals surface area contributed by atoms with Crippen molar-refractivity contribution in [3.05, 3.63) is 199 Å². The zero-order valence-corrected chi connectivity index (χ0v) is 28.7. The number of aliphatic imine (C=N–C) groups is 1. The summed E-state index contributed by atoms with van der Waals surface area (Å²) < 4.78 is 2.34. The first-order valence-electron chi connectivity index (χ1n) is 17.0. The van der Waals surface area contributed by atoms with Crippen LogP contribution in [0.3, 0.4) is 0 Å². The fraction of sp³-hybridized carbons (Fsp3) is 0.0444. The molecule has 3 N–H and O–H groups in total. The van der Waals surface area contributed by atoms with Crippen LogP contribution in [0.4, 0.5) is 0 Å². The predicted molar refractivity (Wildman–Crippen MR) is 212 cm³/mol. The van der Waals surface area contributed by atoms with Gasteiger partial charge in [-0.3, -0.25) is 5.32 Å². The van der Waals surface area contributed by atoms with Crippen molar-refractivity contribution in [2.45, 2.75) is 12.8 Å². The van der Waals surface area contributed by atoms with E-state index in [-0.39, 0.29) is 6.17 Å². The number of amidine groups is 1. The van der Waals surface area contributed by atoms with Crippen molar-refractivity contribution in [2.75, 3.05) is 0 Å². The Morgan fingerprint density at radius 1 is 0.540 bits per heavy atom. The summed E-state index contributed by atoms with van der Waals surface area (Å²) in [5.41, 5.74) is 13.2. The SMILES string of the molecule is NC(=NC(NCn1c2ccccc2c2cc(-c3ccc([Si](c4ccccc4)c4ccccc4)cc3)ccc21)c1ccccc1)c1ccccc1. The highest BCUT2D eigenvalue weighted by atomic mass is 28.3. The van der Waals surface area contributed by atoms with Crippen molar-refractivity contribution in [2.24, 2.45) is 10.7 Å². The van der Waals surface area contributed by atoms with Gasteiger partial charge in [-0.1, -0.05) is 185 Å². The van der Waals surface area contributed by atoms with Gasteiger partial charge in [-0.05, 0) is 34.9 Å². The largest absolute Gasteiger partial charge is 0.383 e. The number of nitrogens with two attached hydrogens (primary N) is 1. The van der Waals surface area contributed by atoms with Crippen molar-refractivity contribution in [1.82, 2.24) is 9.88 Å². The number of nitrogens with zero attached hydrogens (tertiary/aromatic N) is 2. The molecular formula is C45H37N4Si. The number of para-hydroxylation sites is 1. The molecule has 0 bridgehead atoms. The molecule has 8 rings (SSSR count). The van der Waals surface area contributed by atoms with E-state index in [0.29, 0.717) is 12.5 Å². The summed E-state index contributed by atoms with van der Waals surface area (Å²) in [5, 5.41) is 10.3. The first kappa shape index (κ1) is 31.3. The van der Waals surface area contributed by atoms with Crippen LogP contribution in [-0.4, -0.2) is 19.2 Å². The fourth-order valence-electron chi connectivity index (χ4n) is 6.82. The van der Waals surface area contributed by atoms with Gasteiger partial charge in [-0.25, -0.2) is 4.99 Å². The molecule has 50 heavy (non-hydrogen) atoms. The summed E-state index contributed by atoms with van der Waals surface area (Å²) in [5.74, 6) is 0.505. The highest BCUT2D eigenvalue weighted by Gasteiger charge is 2.20. The Kier molecular flexibility index (Phi) is 8.90. The maximum absolute atomic E-state index is 6.52. The number of fused-ring (bicyclic) bond motifs is 3. The fourth-order valence-corrected chi connectivity index (χ4v) is 9.37. The first-order chi connectivity index (χ1) is 24.7. The van der Waals surface area contributed by atoms with E-state index in [0.717, 1.165) is 11.1 Å². The Morgan fingerprint density at radius 3 is 1.72 bits per heavy atom. The lowest BCUT2D eigenvalue weighted by Crippen LogP contribution is -2.51. The van der Waals surface area contributed by atoms with E-state index < -0.39 is 8.80 Å². The maximum atomic E-state index is 6.52. The van der Waals surface area contributed by atoms with E-state index in [4.69, 9.17) is 10.7 Å². The molecule has 1 radical (unpaired) electrons. The summed E-state index contributed by atoms with van der Waals surface area (Å²) in [6.07, 6.45) is -0.316. The minimum Gasteiger partial charge on any atom is -0.383 e. The van der Waals surface area contributed by atoms with Gasteiger partial charge in [0.15, 0.2) is 8.80 Å². The summed E-state index contributed by atoms with van der Waals surface area (Å²) in [6.45, 7) is 0.562. The summed E-state index contributed by atoms with van der Waals surface area (Å²) >= 11 is 0. The van der Waals surface area contributed by atoms with Crippen LogP contribution in [0.15, 0.2) is 193 Å². The zero-order chi connectivity index (χ0) is 33.7. The molecule has 0 fully saturated rings. The molecule has 0 aliphatic heterocycles. The third kappa shape index (κ3) is 6.40. The zero-order valence-electron chi connectivity index (χ0n) is 27.7. The minimum atomic E-state index is -1.12. The Bertz CT molecular complexity index is 2330. The molecule has 1 unspecified atom stereocenters. The van der Waals surface area contributed by atoms with Gasteiger partial charge in [0.25, 0.3) is 0 Å². The number of benzene rings is 7. The smallest absolute Gasteiger partial charge is 0.154 e. The molecular weight excluding hydrogens is 625 g/mol. The van der Waals surface area contributed by atoms with Crippen LogP contribution in [0.5, 0.6) is 0 Å². The molecule has 0 spiro atoms. The van der Waals surface area contributed by atoms with Crippen LogP contribution in [0.1, 0.15) is 17.3 Å². The lowest BCUT2D eigenvalue weighted by molar-refractivity contribution is 0.491. The van der Waals surface area contributed by atoms with Gasteiger partial charge in [-0.2, -0.15) is 0 Å². The highest BCUT2D eigenvalue weighted by Crippen LogP contribution is 2.33. The van der Waals surface area contributed by atoms with E-state index in [2.05, 4.69) is 149 Å². The van der Waals surface area contributed by atoms with Crippen LogP contribution in [-0.2, 0) is 6.67 Å². The van der Waals surface area contributed by atoms with Crippen molar-refractivity contribution in [3.63, 3.8) is 0 Å². The van der Waals surface area contributed by atoms with Crippen molar-refractivity contribution in [3.8, 4) is 11.1 Å². The van der Waals surface area contributed by atoms with E-state index in [9.17, 15) is 0 Å². The van der Waals surface area contributed by atoms with Crippen LogP contribution < -0.4 is 26.6 Å². The molecule has 0 aliphatic carbocycles. The molecule has 241 valence electrons. The van der Waals surface area contributed by atoms with Crippen LogP contribution >= 0.6 is 0 Å². The standard InChI is InChI=1S/C45H37N4Si/c46-44(34-15-5-1-6-16-34)48-45(35-17-7-2-8-18-35)47-32-49-42-24-14-13-23-40(42)41-31-36(27-30-43(41)49)33-25-28-39(29-26-33)50(37-19-9-3-10-20-37)38-21-11-4-12-22-38/h1-31,45,47H,32H2,(H2,46,48). The first-order valence-corrected chi connectivity index (χ1v) is 18.5. The second kappa shape index (κ2) is 14.2. The monoisotopic (exact) mass is 661 g/mol. The number of nitrogens with one attached hydrogen (secondary N) is 1. The molecule has 7 aromatic carbocycles. The number of rotatable bonds is 10. The molecule has 1 aromatic heterocycles. The molecule has 0 saturated heterocycles. The van der Waals surface area contributed by atoms with Gasteiger partial charge in [0.2, 0.25) is 0 Å². The lowest BCUT2D eigenvalue weighted by Gasteiger charge is -2.18. The van der Waals surface area contributed by atoms with Gasteiger partial charge in [-0.15, -0.1) is 0 Å².